The van der Waals surface area contributed by atoms with Crippen LogP contribution in [0.5, 0.6) is 0 Å². The predicted octanol–water partition coefficient (Wildman–Crippen LogP) is 1.54. The largest absolute Gasteiger partial charge is 0.443 e. The molecule has 140 valence electrons. The van der Waals surface area contributed by atoms with Crippen LogP contribution in [0.4, 0.5) is 4.79 Å². The highest BCUT2D eigenvalue weighted by Gasteiger charge is 2.34. The molecule has 1 aliphatic rings. The number of hydrogen-bond donors (Lipinski definition) is 1. The second kappa shape index (κ2) is 9.26. The summed E-state index contributed by atoms with van der Waals surface area (Å²) in [5, 5.41) is 5.15. The van der Waals surface area contributed by atoms with Crippen LogP contribution < -0.4 is 5.32 Å². The third kappa shape index (κ3) is 6.72. The average Bonchev–Trinajstić information content (AvgIpc) is 3.21. The molecule has 2 heterocycles. The first-order valence-electron chi connectivity index (χ1n) is 8.73. The van der Waals surface area contributed by atoms with Gasteiger partial charge in [0.2, 0.25) is 0 Å². The van der Waals surface area contributed by atoms with Crippen LogP contribution in [0.2, 0.25) is 0 Å². The minimum atomic E-state index is -0.636. The number of amides is 2. The van der Waals surface area contributed by atoms with Gasteiger partial charge in [0.15, 0.2) is 0 Å². The van der Waals surface area contributed by atoms with Crippen molar-refractivity contribution in [3.05, 3.63) is 16.6 Å². The standard InChI is InChI=1S/C17H27N3O4S/c1-17(2,3)24-16(22)20(15(21)13-6-4-10-23-13)9-5-7-18-12-14-19-8-11-25-14/h8,11,13,18H,4-7,9-10,12H2,1-3H3/p+1/t13-/m1/s1. The van der Waals surface area contributed by atoms with Crippen LogP contribution in [0.15, 0.2) is 11.6 Å². The van der Waals surface area contributed by atoms with Crippen LogP contribution in [0.1, 0.15) is 45.0 Å². The lowest BCUT2D eigenvalue weighted by atomic mass is 10.2. The zero-order valence-corrected chi connectivity index (χ0v) is 16.0. The highest BCUT2D eigenvalue weighted by Crippen LogP contribution is 2.17. The summed E-state index contributed by atoms with van der Waals surface area (Å²) in [5.41, 5.74) is -0.636. The number of ether oxygens (including phenoxy) is 2. The Kier molecular flexibility index (Phi) is 7.34. The van der Waals surface area contributed by atoms with Gasteiger partial charge in [-0.3, -0.25) is 4.79 Å². The second-order valence-electron chi connectivity index (χ2n) is 7.03. The predicted molar refractivity (Wildman–Crippen MR) is 94.1 cm³/mol. The van der Waals surface area contributed by atoms with Crippen LogP contribution in [-0.2, 0) is 20.8 Å². The van der Waals surface area contributed by atoms with Crippen molar-refractivity contribution < 1.29 is 24.4 Å². The lowest BCUT2D eigenvalue weighted by molar-refractivity contribution is -0.670. The van der Waals surface area contributed by atoms with Crippen LogP contribution in [0.3, 0.4) is 0 Å². The molecule has 0 saturated carbocycles. The maximum absolute atomic E-state index is 12.6. The number of hydrogen-bond acceptors (Lipinski definition) is 6. The first-order valence-corrected chi connectivity index (χ1v) is 9.61. The summed E-state index contributed by atoms with van der Waals surface area (Å²) in [4.78, 5) is 30.5. The molecule has 0 unspecified atom stereocenters. The van der Waals surface area contributed by atoms with Gasteiger partial charge in [0, 0.05) is 31.1 Å². The van der Waals surface area contributed by atoms with Gasteiger partial charge in [-0.1, -0.05) is 0 Å². The van der Waals surface area contributed by atoms with Gasteiger partial charge < -0.3 is 14.8 Å². The molecule has 1 aromatic rings. The molecule has 7 nitrogen and oxygen atoms in total. The molecule has 0 radical (unpaired) electrons. The van der Waals surface area contributed by atoms with E-state index in [4.69, 9.17) is 9.47 Å². The molecule has 1 atom stereocenters. The molecule has 2 rings (SSSR count). The SMILES string of the molecule is CC(C)(C)OC(=O)N(CCC[NH2+]Cc1nccs1)C(=O)[C@H]1CCCO1. The Hall–Kier alpha value is -1.51. The van der Waals surface area contributed by atoms with Gasteiger partial charge in [0.1, 0.15) is 23.3 Å². The van der Waals surface area contributed by atoms with E-state index >= 15 is 0 Å². The normalized spacial score (nSPS) is 17.5. The smallest absolute Gasteiger partial charge is 0.417 e. The first kappa shape index (κ1) is 19.8. The Morgan fingerprint density at radius 2 is 2.28 bits per heavy atom. The Balaban J connectivity index is 1.84. The maximum Gasteiger partial charge on any atom is 0.417 e. The Bertz CT molecular complexity index is 551. The molecule has 1 aromatic heterocycles. The van der Waals surface area contributed by atoms with Gasteiger partial charge in [-0.25, -0.2) is 14.7 Å². The van der Waals surface area contributed by atoms with E-state index < -0.39 is 17.8 Å². The topological polar surface area (TPSA) is 85.3 Å². The van der Waals surface area contributed by atoms with Crippen molar-refractivity contribution in [1.82, 2.24) is 9.88 Å². The van der Waals surface area contributed by atoms with E-state index in [1.54, 1.807) is 38.3 Å². The summed E-state index contributed by atoms with van der Waals surface area (Å²) in [6, 6.07) is 0. The molecule has 0 bridgehead atoms. The molecular formula is C17H28N3O4S+. The van der Waals surface area contributed by atoms with Gasteiger partial charge in [-0.15, -0.1) is 11.3 Å². The molecule has 1 aliphatic heterocycles. The van der Waals surface area contributed by atoms with Crippen molar-refractivity contribution in [2.45, 2.75) is 58.3 Å². The summed E-state index contributed by atoms with van der Waals surface area (Å²) >= 11 is 1.62. The zero-order valence-electron chi connectivity index (χ0n) is 15.2. The van der Waals surface area contributed by atoms with Crippen molar-refractivity contribution in [2.75, 3.05) is 19.7 Å². The molecule has 25 heavy (non-hydrogen) atoms. The molecule has 2 N–H and O–H groups in total. The Morgan fingerprint density at radius 3 is 2.88 bits per heavy atom. The summed E-state index contributed by atoms with van der Waals surface area (Å²) < 4.78 is 10.8. The van der Waals surface area contributed by atoms with E-state index in [0.717, 1.165) is 24.5 Å². The van der Waals surface area contributed by atoms with E-state index in [9.17, 15) is 9.59 Å². The number of nitrogens with two attached hydrogens (primary N) is 1. The van der Waals surface area contributed by atoms with E-state index in [1.165, 1.54) is 4.90 Å². The molecular weight excluding hydrogens is 342 g/mol. The molecule has 1 fully saturated rings. The van der Waals surface area contributed by atoms with Crippen molar-refractivity contribution in [2.24, 2.45) is 0 Å². The van der Waals surface area contributed by atoms with E-state index in [1.807, 2.05) is 5.38 Å². The molecule has 0 aliphatic carbocycles. The average molecular weight is 370 g/mol. The number of carbonyl (C=O) groups excluding carboxylic acids is 2. The number of thiazole rings is 1. The van der Waals surface area contributed by atoms with Gasteiger partial charge in [0.25, 0.3) is 5.91 Å². The first-order chi connectivity index (χ1) is 11.9. The number of aromatic nitrogens is 1. The quantitative estimate of drug-likeness (QED) is 0.736. The fourth-order valence-electron chi connectivity index (χ4n) is 2.53. The van der Waals surface area contributed by atoms with Crippen molar-refractivity contribution in [3.8, 4) is 0 Å². The van der Waals surface area contributed by atoms with E-state index in [-0.39, 0.29) is 5.91 Å². The number of rotatable bonds is 7. The van der Waals surface area contributed by atoms with Crippen LogP contribution in [-0.4, -0.2) is 53.3 Å². The lowest BCUT2D eigenvalue weighted by Crippen LogP contribution is -2.82. The molecule has 0 aromatic carbocycles. The summed E-state index contributed by atoms with van der Waals surface area (Å²) in [6.07, 6.45) is 2.88. The minimum Gasteiger partial charge on any atom is -0.443 e. The fourth-order valence-corrected chi connectivity index (χ4v) is 3.14. The van der Waals surface area contributed by atoms with Gasteiger partial charge in [-0.05, 0) is 33.6 Å². The maximum atomic E-state index is 12.6. The van der Waals surface area contributed by atoms with Crippen molar-refractivity contribution in [3.63, 3.8) is 0 Å². The highest BCUT2D eigenvalue weighted by atomic mass is 32.1. The molecule has 1 saturated heterocycles. The minimum absolute atomic E-state index is 0.285. The monoisotopic (exact) mass is 370 g/mol. The molecule has 0 spiro atoms. The van der Waals surface area contributed by atoms with Crippen LogP contribution in [0.25, 0.3) is 0 Å². The highest BCUT2D eigenvalue weighted by molar-refractivity contribution is 7.09. The summed E-state index contributed by atoms with van der Waals surface area (Å²) in [7, 11) is 0. The van der Waals surface area contributed by atoms with Crippen molar-refractivity contribution in [1.29, 1.82) is 0 Å². The lowest BCUT2D eigenvalue weighted by Gasteiger charge is -2.27. The van der Waals surface area contributed by atoms with Crippen LogP contribution in [0, 0.1) is 0 Å². The second-order valence-corrected chi connectivity index (χ2v) is 8.01. The van der Waals surface area contributed by atoms with Gasteiger partial charge in [0.05, 0.1) is 6.54 Å². The Morgan fingerprint density at radius 1 is 1.48 bits per heavy atom. The summed E-state index contributed by atoms with van der Waals surface area (Å²) in [6.45, 7) is 7.90. The number of carbonyl (C=O) groups is 2. The molecule has 8 heteroatoms. The molecule has 2 amide bonds. The third-order valence-corrected chi connectivity index (χ3v) is 4.48. The number of nitrogens with zero attached hydrogens (tertiary/aromatic N) is 2. The number of quaternary nitrogens is 1. The van der Waals surface area contributed by atoms with Gasteiger partial charge >= 0.3 is 6.09 Å². The Labute approximate surface area is 152 Å². The van der Waals surface area contributed by atoms with Crippen molar-refractivity contribution >= 4 is 23.3 Å². The van der Waals surface area contributed by atoms with E-state index in [2.05, 4.69) is 10.3 Å². The van der Waals surface area contributed by atoms with Gasteiger partial charge in [-0.2, -0.15) is 0 Å². The van der Waals surface area contributed by atoms with E-state index in [0.29, 0.717) is 26.0 Å². The zero-order chi connectivity index (χ0) is 18.3. The third-order valence-electron chi connectivity index (χ3n) is 3.68. The summed E-state index contributed by atoms with van der Waals surface area (Å²) in [5.74, 6) is -0.285. The van der Waals surface area contributed by atoms with Crippen LogP contribution >= 0.6 is 11.3 Å². The number of imide groups is 1. The fraction of sp³-hybridized carbons (Fsp3) is 0.706.